The van der Waals surface area contributed by atoms with Gasteiger partial charge < -0.3 is 10.6 Å². The molecule has 0 fully saturated rings. The first-order valence-corrected chi connectivity index (χ1v) is 11.1. The Kier molecular flexibility index (Phi) is 5.82. The zero-order valence-corrected chi connectivity index (χ0v) is 19.3. The normalized spacial score (nSPS) is 11.2. The summed E-state index contributed by atoms with van der Waals surface area (Å²) < 4.78 is 1.79. The average Bonchev–Trinajstić information content (AvgIpc) is 3.23. The minimum Gasteiger partial charge on any atom is -0.364 e. The number of aryl methyl sites for hydroxylation is 1. The van der Waals surface area contributed by atoms with Crippen molar-refractivity contribution >= 4 is 28.5 Å². The predicted molar refractivity (Wildman–Crippen MR) is 133 cm³/mol. The molecule has 9 nitrogen and oxygen atoms in total. The van der Waals surface area contributed by atoms with Gasteiger partial charge in [-0.1, -0.05) is 19.9 Å². The molecular weight excluding hydrogens is 426 g/mol. The highest BCUT2D eigenvalue weighted by Crippen LogP contribution is 2.29. The third-order valence-corrected chi connectivity index (χ3v) is 5.46. The van der Waals surface area contributed by atoms with Crippen LogP contribution in [0.2, 0.25) is 0 Å². The Bertz CT molecular complexity index is 1430. The van der Waals surface area contributed by atoms with Gasteiger partial charge in [-0.15, -0.1) is 5.10 Å². The van der Waals surface area contributed by atoms with E-state index in [-0.39, 0.29) is 0 Å². The number of rotatable bonds is 7. The summed E-state index contributed by atoms with van der Waals surface area (Å²) in [4.78, 5) is 13.6. The van der Waals surface area contributed by atoms with Gasteiger partial charge in [0.25, 0.3) is 0 Å². The lowest BCUT2D eigenvalue weighted by atomic mass is 10.1. The van der Waals surface area contributed by atoms with E-state index in [1.54, 1.807) is 17.1 Å². The van der Waals surface area contributed by atoms with Gasteiger partial charge in [0.2, 0.25) is 0 Å². The molecule has 0 saturated carbocycles. The number of anilines is 3. The zero-order chi connectivity index (χ0) is 23.5. The molecule has 0 aliphatic carbocycles. The minimum atomic E-state index is 0.368. The van der Waals surface area contributed by atoms with Gasteiger partial charge in [-0.2, -0.15) is 10.2 Å². The van der Waals surface area contributed by atoms with Gasteiger partial charge in [-0.25, -0.2) is 4.98 Å². The molecule has 0 aliphatic rings. The zero-order valence-electron chi connectivity index (χ0n) is 19.3. The van der Waals surface area contributed by atoms with Gasteiger partial charge in [-0.05, 0) is 47.4 Å². The van der Waals surface area contributed by atoms with Gasteiger partial charge in [0.1, 0.15) is 5.82 Å². The standard InChI is InChI=1S/C25H25N9/c1-16(2)18-10-24(32-29-14-18)31-23-7-6-21-22(30-23)9-19(13-27-21)20-15-34(3)33-25(20)28-12-17-5-4-8-26-11-17/h4-11,13-16H,12H2,1-3H3,(H,28,33)(H,30,31,32). The van der Waals surface area contributed by atoms with Crippen LogP contribution in [0.1, 0.15) is 30.9 Å². The van der Waals surface area contributed by atoms with Gasteiger partial charge in [-0.3, -0.25) is 14.6 Å². The summed E-state index contributed by atoms with van der Waals surface area (Å²) in [6, 6.07) is 11.8. The van der Waals surface area contributed by atoms with E-state index in [2.05, 4.69) is 49.7 Å². The molecule has 0 bridgehead atoms. The maximum absolute atomic E-state index is 4.76. The van der Waals surface area contributed by atoms with Gasteiger partial charge in [0, 0.05) is 49.5 Å². The number of fused-ring (bicyclic) bond motifs is 1. The Morgan fingerprint density at radius 3 is 2.74 bits per heavy atom. The molecule has 5 heterocycles. The van der Waals surface area contributed by atoms with Crippen LogP contribution in [-0.2, 0) is 13.6 Å². The molecule has 0 amide bonds. The van der Waals surface area contributed by atoms with Crippen LogP contribution >= 0.6 is 0 Å². The summed E-state index contributed by atoms with van der Waals surface area (Å²) in [5.74, 6) is 2.49. The van der Waals surface area contributed by atoms with Gasteiger partial charge in [0.05, 0.1) is 17.2 Å². The molecule has 0 radical (unpaired) electrons. The number of hydrogen-bond acceptors (Lipinski definition) is 8. The first kappa shape index (κ1) is 21.4. The van der Waals surface area contributed by atoms with Crippen LogP contribution in [0.25, 0.3) is 22.2 Å². The quantitative estimate of drug-likeness (QED) is 0.367. The highest BCUT2D eigenvalue weighted by atomic mass is 15.3. The summed E-state index contributed by atoms with van der Waals surface area (Å²) in [6.07, 6.45) is 9.21. The number of hydrogen-bond donors (Lipinski definition) is 2. The third-order valence-electron chi connectivity index (χ3n) is 5.46. The molecule has 0 aromatic carbocycles. The maximum atomic E-state index is 4.76. The second-order valence-corrected chi connectivity index (χ2v) is 8.39. The second-order valence-electron chi connectivity index (χ2n) is 8.39. The van der Waals surface area contributed by atoms with Crippen LogP contribution in [0.4, 0.5) is 17.5 Å². The highest BCUT2D eigenvalue weighted by Gasteiger charge is 2.12. The molecule has 0 saturated heterocycles. The fraction of sp³-hybridized carbons (Fsp3) is 0.200. The number of aromatic nitrogens is 7. The summed E-state index contributed by atoms with van der Waals surface area (Å²) >= 11 is 0. The first-order valence-electron chi connectivity index (χ1n) is 11.1. The van der Waals surface area contributed by atoms with E-state index in [9.17, 15) is 0 Å². The van der Waals surface area contributed by atoms with Crippen molar-refractivity contribution in [3.63, 3.8) is 0 Å². The molecule has 2 N–H and O–H groups in total. The van der Waals surface area contributed by atoms with Crippen molar-refractivity contribution in [1.29, 1.82) is 0 Å². The molecule has 0 aliphatic heterocycles. The lowest BCUT2D eigenvalue weighted by Crippen LogP contribution is -2.02. The molecule has 0 spiro atoms. The molecule has 0 unspecified atom stereocenters. The van der Waals surface area contributed by atoms with Gasteiger partial charge in [0.15, 0.2) is 11.6 Å². The van der Waals surface area contributed by atoms with Crippen LogP contribution in [0.5, 0.6) is 0 Å². The van der Waals surface area contributed by atoms with E-state index >= 15 is 0 Å². The van der Waals surface area contributed by atoms with E-state index in [4.69, 9.17) is 4.98 Å². The van der Waals surface area contributed by atoms with Crippen molar-refractivity contribution in [2.75, 3.05) is 10.6 Å². The Balaban J connectivity index is 1.42. The average molecular weight is 452 g/mol. The lowest BCUT2D eigenvalue weighted by molar-refractivity contribution is 0.768. The van der Waals surface area contributed by atoms with Crippen molar-refractivity contribution in [1.82, 2.24) is 34.9 Å². The fourth-order valence-electron chi connectivity index (χ4n) is 3.63. The van der Waals surface area contributed by atoms with E-state index in [1.807, 2.05) is 62.0 Å². The number of nitrogens with zero attached hydrogens (tertiary/aromatic N) is 7. The SMILES string of the molecule is CC(C)c1cnnc(Nc2ccc3ncc(-c4cn(C)nc4NCc4cccnc4)cc3n2)c1. The Morgan fingerprint density at radius 2 is 1.91 bits per heavy atom. The second kappa shape index (κ2) is 9.22. The van der Waals surface area contributed by atoms with Crippen LogP contribution in [0.3, 0.4) is 0 Å². The van der Waals surface area contributed by atoms with Gasteiger partial charge >= 0.3 is 0 Å². The molecular formula is C25H25N9. The Hall–Kier alpha value is -4.40. The monoisotopic (exact) mass is 451 g/mol. The van der Waals surface area contributed by atoms with Crippen molar-refractivity contribution in [2.45, 2.75) is 26.3 Å². The molecule has 170 valence electrons. The number of nitrogens with one attached hydrogen (secondary N) is 2. The third kappa shape index (κ3) is 4.68. The van der Waals surface area contributed by atoms with Crippen molar-refractivity contribution in [3.8, 4) is 11.1 Å². The molecule has 5 aromatic heterocycles. The van der Waals surface area contributed by atoms with E-state index < -0.39 is 0 Å². The van der Waals surface area contributed by atoms with E-state index in [1.165, 1.54) is 0 Å². The number of pyridine rings is 3. The smallest absolute Gasteiger partial charge is 0.156 e. The van der Waals surface area contributed by atoms with Crippen molar-refractivity contribution < 1.29 is 0 Å². The van der Waals surface area contributed by atoms with Crippen LogP contribution < -0.4 is 10.6 Å². The molecule has 5 aromatic rings. The van der Waals surface area contributed by atoms with Crippen LogP contribution in [-0.4, -0.2) is 34.9 Å². The minimum absolute atomic E-state index is 0.368. The molecule has 0 atom stereocenters. The fourth-order valence-corrected chi connectivity index (χ4v) is 3.63. The largest absolute Gasteiger partial charge is 0.364 e. The van der Waals surface area contributed by atoms with E-state index in [0.717, 1.165) is 39.1 Å². The first-order chi connectivity index (χ1) is 16.5. The maximum Gasteiger partial charge on any atom is 0.156 e. The summed E-state index contributed by atoms with van der Waals surface area (Å²) in [6.45, 7) is 4.88. The van der Waals surface area contributed by atoms with E-state index in [0.29, 0.717) is 24.1 Å². The summed E-state index contributed by atoms with van der Waals surface area (Å²) in [5, 5.41) is 19.5. The van der Waals surface area contributed by atoms with Crippen LogP contribution in [0, 0.1) is 0 Å². The van der Waals surface area contributed by atoms with Crippen molar-refractivity contribution in [2.24, 2.45) is 7.05 Å². The molecule has 9 heteroatoms. The Labute approximate surface area is 197 Å². The lowest BCUT2D eigenvalue weighted by Gasteiger charge is -2.09. The molecule has 34 heavy (non-hydrogen) atoms. The highest BCUT2D eigenvalue weighted by molar-refractivity contribution is 5.84. The summed E-state index contributed by atoms with van der Waals surface area (Å²) in [7, 11) is 1.90. The summed E-state index contributed by atoms with van der Waals surface area (Å²) in [5.41, 5.74) is 5.67. The van der Waals surface area contributed by atoms with Crippen LogP contribution in [0.15, 0.2) is 67.4 Å². The predicted octanol–water partition coefficient (Wildman–Crippen LogP) is 4.69. The molecule has 5 rings (SSSR count). The van der Waals surface area contributed by atoms with Crippen molar-refractivity contribution in [3.05, 3.63) is 78.5 Å². The topological polar surface area (TPSA) is 106 Å². The Morgan fingerprint density at radius 1 is 1.00 bits per heavy atom.